The van der Waals surface area contributed by atoms with Crippen LogP contribution in [0, 0.1) is 0 Å². The monoisotopic (exact) mass is 307 g/mol. The van der Waals surface area contributed by atoms with Crippen LogP contribution in [0.4, 0.5) is 0 Å². The fraction of sp³-hybridized carbons (Fsp3) is 0.562. The van der Waals surface area contributed by atoms with E-state index < -0.39 is 0 Å². The van der Waals surface area contributed by atoms with Crippen molar-refractivity contribution in [3.05, 3.63) is 29.8 Å². The van der Waals surface area contributed by atoms with Gasteiger partial charge in [0.05, 0.1) is 6.61 Å². The van der Waals surface area contributed by atoms with Gasteiger partial charge in [0.15, 0.2) is 0 Å². The fourth-order valence-corrected chi connectivity index (χ4v) is 2.65. The number of nitrogens with two attached hydrogens (primary N) is 1. The molecule has 4 nitrogen and oxygen atoms in total. The highest BCUT2D eigenvalue weighted by Crippen LogP contribution is 2.12. The number of ether oxygens (including phenoxy) is 1. The summed E-state index contributed by atoms with van der Waals surface area (Å²) in [5, 5.41) is 0. The first kappa shape index (κ1) is 16.2. The van der Waals surface area contributed by atoms with Crippen molar-refractivity contribution >= 4 is 17.2 Å². The highest BCUT2D eigenvalue weighted by Gasteiger charge is 2.11. The van der Waals surface area contributed by atoms with Crippen molar-refractivity contribution < 1.29 is 4.74 Å². The summed E-state index contributed by atoms with van der Waals surface area (Å²) in [5.74, 6) is 0.880. The molecule has 0 spiro atoms. The largest absolute Gasteiger partial charge is 0.494 e. The van der Waals surface area contributed by atoms with Crippen molar-refractivity contribution in [1.29, 1.82) is 0 Å². The van der Waals surface area contributed by atoms with E-state index >= 15 is 0 Å². The van der Waals surface area contributed by atoms with Crippen LogP contribution in [0.15, 0.2) is 24.3 Å². The minimum atomic E-state index is 0.424. The smallest absolute Gasteiger partial charge is 0.119 e. The second-order valence-corrected chi connectivity index (χ2v) is 6.03. The molecule has 0 aliphatic carbocycles. The second kappa shape index (κ2) is 8.32. The first-order chi connectivity index (χ1) is 10.1. The van der Waals surface area contributed by atoms with Crippen molar-refractivity contribution in [1.82, 2.24) is 9.80 Å². The summed E-state index contributed by atoms with van der Waals surface area (Å²) >= 11 is 4.93. The molecule has 0 amide bonds. The molecule has 0 atom stereocenters. The van der Waals surface area contributed by atoms with Crippen LogP contribution in [-0.4, -0.2) is 61.2 Å². The van der Waals surface area contributed by atoms with Crippen LogP contribution >= 0.6 is 12.2 Å². The van der Waals surface area contributed by atoms with E-state index in [0.29, 0.717) is 4.99 Å². The van der Waals surface area contributed by atoms with Gasteiger partial charge in [0.1, 0.15) is 10.7 Å². The maximum atomic E-state index is 5.76. The molecule has 2 rings (SSSR count). The predicted octanol–water partition coefficient (Wildman–Crippen LogP) is 1.73. The number of nitrogens with zero attached hydrogens (tertiary/aromatic N) is 2. The molecule has 0 aromatic heterocycles. The zero-order valence-electron chi connectivity index (χ0n) is 12.8. The van der Waals surface area contributed by atoms with Gasteiger partial charge in [-0.05, 0) is 57.2 Å². The lowest BCUT2D eigenvalue weighted by Crippen LogP contribution is -2.30. The zero-order valence-corrected chi connectivity index (χ0v) is 13.6. The Morgan fingerprint density at radius 3 is 2.67 bits per heavy atom. The lowest BCUT2D eigenvalue weighted by atomic mass is 10.2. The summed E-state index contributed by atoms with van der Waals surface area (Å²) < 4.78 is 5.76. The SMILES string of the molecule is CN1CCCN(CCCOc2ccc(C(N)=S)cc2)CC1. The molecule has 21 heavy (non-hydrogen) atoms. The van der Waals surface area contributed by atoms with Gasteiger partial charge in [0, 0.05) is 25.2 Å². The van der Waals surface area contributed by atoms with Gasteiger partial charge < -0.3 is 20.3 Å². The Bertz CT molecular complexity index is 449. The fourth-order valence-electron chi connectivity index (χ4n) is 2.52. The van der Waals surface area contributed by atoms with Crippen LogP contribution in [0.25, 0.3) is 0 Å². The molecule has 1 saturated heterocycles. The third kappa shape index (κ3) is 5.61. The van der Waals surface area contributed by atoms with Gasteiger partial charge in [-0.25, -0.2) is 0 Å². The molecule has 1 aromatic rings. The van der Waals surface area contributed by atoms with Crippen molar-refractivity contribution in [2.75, 3.05) is 46.4 Å². The molecule has 1 fully saturated rings. The Hall–Kier alpha value is -1.17. The van der Waals surface area contributed by atoms with Gasteiger partial charge in [0.2, 0.25) is 0 Å². The third-order valence-electron chi connectivity index (χ3n) is 3.84. The van der Waals surface area contributed by atoms with E-state index in [4.69, 9.17) is 22.7 Å². The summed E-state index contributed by atoms with van der Waals surface area (Å²) in [6, 6.07) is 7.66. The first-order valence-electron chi connectivity index (χ1n) is 7.59. The standard InChI is InChI=1S/C16H25N3OS/c1-18-8-2-9-19(12-11-18)10-3-13-20-15-6-4-14(5-7-15)16(17)21/h4-7H,2-3,8-13H2,1H3,(H2,17,21). The van der Waals surface area contributed by atoms with E-state index in [0.717, 1.165) is 30.9 Å². The van der Waals surface area contributed by atoms with Crippen LogP contribution in [0.1, 0.15) is 18.4 Å². The van der Waals surface area contributed by atoms with Crippen molar-refractivity contribution in [3.8, 4) is 5.75 Å². The lowest BCUT2D eigenvalue weighted by Gasteiger charge is -2.19. The van der Waals surface area contributed by atoms with Crippen LogP contribution in [0.3, 0.4) is 0 Å². The number of rotatable bonds is 6. The molecule has 116 valence electrons. The summed E-state index contributed by atoms with van der Waals surface area (Å²) in [6.07, 6.45) is 2.32. The average Bonchev–Trinajstić information content (AvgIpc) is 2.69. The molecule has 1 aliphatic rings. The molecule has 1 aliphatic heterocycles. The van der Waals surface area contributed by atoms with Gasteiger partial charge in [-0.1, -0.05) is 12.2 Å². The van der Waals surface area contributed by atoms with Crippen LogP contribution in [0.2, 0.25) is 0 Å². The minimum Gasteiger partial charge on any atom is -0.494 e. The predicted molar refractivity (Wildman–Crippen MR) is 91.0 cm³/mol. The molecule has 0 unspecified atom stereocenters. The molecular formula is C16H25N3OS. The summed E-state index contributed by atoms with van der Waals surface area (Å²) in [6.45, 7) is 6.60. The maximum Gasteiger partial charge on any atom is 0.119 e. The van der Waals surface area contributed by atoms with E-state index in [1.54, 1.807) is 0 Å². The average molecular weight is 307 g/mol. The van der Waals surface area contributed by atoms with E-state index in [2.05, 4.69) is 16.8 Å². The lowest BCUT2D eigenvalue weighted by molar-refractivity contribution is 0.237. The first-order valence-corrected chi connectivity index (χ1v) is 7.99. The number of likely N-dealkylation sites (N-methyl/N-ethyl adjacent to an activating group) is 1. The Morgan fingerprint density at radius 2 is 1.95 bits per heavy atom. The Labute approximate surface area is 132 Å². The maximum absolute atomic E-state index is 5.76. The Balaban J connectivity index is 1.66. The van der Waals surface area contributed by atoms with E-state index in [9.17, 15) is 0 Å². The van der Waals surface area contributed by atoms with E-state index in [1.807, 2.05) is 24.3 Å². The highest BCUT2D eigenvalue weighted by atomic mass is 32.1. The molecule has 2 N–H and O–H groups in total. The Kier molecular flexibility index (Phi) is 6.42. The quantitative estimate of drug-likeness (QED) is 0.640. The molecule has 1 aromatic carbocycles. The highest BCUT2D eigenvalue weighted by molar-refractivity contribution is 7.80. The topological polar surface area (TPSA) is 41.7 Å². The van der Waals surface area contributed by atoms with Gasteiger partial charge in [-0.3, -0.25) is 0 Å². The number of thiocarbonyl (C=S) groups is 1. The number of hydrogen-bond acceptors (Lipinski definition) is 4. The number of hydrogen-bond donors (Lipinski definition) is 1. The second-order valence-electron chi connectivity index (χ2n) is 5.59. The van der Waals surface area contributed by atoms with E-state index in [-0.39, 0.29) is 0 Å². The molecule has 0 radical (unpaired) electrons. The van der Waals surface area contributed by atoms with Crippen LogP contribution in [-0.2, 0) is 0 Å². The molecule has 5 heteroatoms. The van der Waals surface area contributed by atoms with Crippen LogP contribution < -0.4 is 10.5 Å². The van der Waals surface area contributed by atoms with Crippen LogP contribution in [0.5, 0.6) is 5.75 Å². The molecular weight excluding hydrogens is 282 g/mol. The summed E-state index contributed by atoms with van der Waals surface area (Å²) in [4.78, 5) is 5.36. The van der Waals surface area contributed by atoms with E-state index in [1.165, 1.54) is 32.6 Å². The molecule has 1 heterocycles. The zero-order chi connectivity index (χ0) is 15.1. The third-order valence-corrected chi connectivity index (χ3v) is 4.07. The van der Waals surface area contributed by atoms with Gasteiger partial charge >= 0.3 is 0 Å². The van der Waals surface area contributed by atoms with Gasteiger partial charge in [0.25, 0.3) is 0 Å². The summed E-state index contributed by atoms with van der Waals surface area (Å²) in [7, 11) is 2.20. The van der Waals surface area contributed by atoms with Gasteiger partial charge in [-0.2, -0.15) is 0 Å². The van der Waals surface area contributed by atoms with Gasteiger partial charge in [-0.15, -0.1) is 0 Å². The normalized spacial score (nSPS) is 17.4. The van der Waals surface area contributed by atoms with Crippen molar-refractivity contribution in [2.24, 2.45) is 5.73 Å². The summed E-state index contributed by atoms with van der Waals surface area (Å²) in [5.41, 5.74) is 6.45. The molecule has 0 saturated carbocycles. The Morgan fingerprint density at radius 1 is 1.19 bits per heavy atom. The van der Waals surface area contributed by atoms with Crippen molar-refractivity contribution in [2.45, 2.75) is 12.8 Å². The minimum absolute atomic E-state index is 0.424. The molecule has 0 bridgehead atoms. The number of benzene rings is 1. The van der Waals surface area contributed by atoms with Crippen molar-refractivity contribution in [3.63, 3.8) is 0 Å².